The van der Waals surface area contributed by atoms with Crippen molar-refractivity contribution in [1.29, 1.82) is 0 Å². The van der Waals surface area contributed by atoms with Crippen LogP contribution in [0.1, 0.15) is 12.0 Å². The van der Waals surface area contributed by atoms with Crippen molar-refractivity contribution < 1.29 is 24.7 Å². The Balaban J connectivity index is 2.92. The molecule has 1 aromatic rings. The molecule has 0 heterocycles. The topological polar surface area (TPSA) is 87.0 Å². The zero-order valence-electron chi connectivity index (χ0n) is 8.88. The van der Waals surface area contributed by atoms with Crippen molar-refractivity contribution >= 4 is 18.6 Å². The fraction of sp³-hybridized carbons (Fsp3) is 0.300. The minimum atomic E-state index is -1.56. The van der Waals surface area contributed by atoms with Crippen LogP contribution in [0, 0.1) is 0 Å². The number of benzene rings is 1. The number of hydrogen-bond donors (Lipinski definition) is 3. The SMILES string of the molecule is COc1ccc(B(O)O)cc1CCC(=O)O. The molecule has 0 unspecified atom stereocenters. The normalized spacial score (nSPS) is 9.94. The molecule has 0 saturated heterocycles. The Morgan fingerprint density at radius 1 is 1.44 bits per heavy atom. The molecule has 86 valence electrons. The molecule has 0 bridgehead atoms. The summed E-state index contributed by atoms with van der Waals surface area (Å²) in [5, 5.41) is 26.6. The van der Waals surface area contributed by atoms with Crippen molar-refractivity contribution in [3.63, 3.8) is 0 Å². The molecule has 0 atom stereocenters. The first kappa shape index (κ1) is 12.5. The van der Waals surface area contributed by atoms with Gasteiger partial charge in [0, 0.05) is 6.42 Å². The highest BCUT2D eigenvalue weighted by molar-refractivity contribution is 6.58. The Morgan fingerprint density at radius 3 is 2.62 bits per heavy atom. The maximum absolute atomic E-state index is 10.5. The van der Waals surface area contributed by atoms with Gasteiger partial charge in [-0.15, -0.1) is 0 Å². The summed E-state index contributed by atoms with van der Waals surface area (Å²) in [7, 11) is -0.0799. The van der Waals surface area contributed by atoms with Crippen molar-refractivity contribution in [2.45, 2.75) is 12.8 Å². The van der Waals surface area contributed by atoms with Gasteiger partial charge in [0.25, 0.3) is 0 Å². The summed E-state index contributed by atoms with van der Waals surface area (Å²) < 4.78 is 5.06. The van der Waals surface area contributed by atoms with Crippen molar-refractivity contribution in [2.24, 2.45) is 0 Å². The van der Waals surface area contributed by atoms with Gasteiger partial charge in [0.15, 0.2) is 0 Å². The predicted octanol–water partition coefficient (Wildman–Crippen LogP) is -0.608. The predicted molar refractivity (Wildman–Crippen MR) is 58.8 cm³/mol. The van der Waals surface area contributed by atoms with E-state index in [2.05, 4.69) is 0 Å². The van der Waals surface area contributed by atoms with Gasteiger partial charge in [0.1, 0.15) is 5.75 Å². The Kier molecular flexibility index (Phi) is 4.33. The largest absolute Gasteiger partial charge is 0.496 e. The lowest BCUT2D eigenvalue weighted by Gasteiger charge is -2.09. The molecule has 0 aliphatic carbocycles. The van der Waals surface area contributed by atoms with E-state index in [1.54, 1.807) is 6.07 Å². The summed E-state index contributed by atoms with van der Waals surface area (Å²) in [5.74, 6) is -0.359. The van der Waals surface area contributed by atoms with Crippen LogP contribution in [0.2, 0.25) is 0 Å². The minimum Gasteiger partial charge on any atom is -0.496 e. The van der Waals surface area contributed by atoms with Gasteiger partial charge in [0.05, 0.1) is 7.11 Å². The lowest BCUT2D eigenvalue weighted by atomic mass is 9.79. The number of hydrogen-bond acceptors (Lipinski definition) is 4. The molecule has 0 spiro atoms. The van der Waals surface area contributed by atoms with Gasteiger partial charge in [0.2, 0.25) is 0 Å². The molecule has 0 fully saturated rings. The van der Waals surface area contributed by atoms with Crippen molar-refractivity contribution in [3.8, 4) is 5.75 Å². The second-order valence-corrected chi connectivity index (χ2v) is 3.34. The zero-order valence-corrected chi connectivity index (χ0v) is 8.88. The van der Waals surface area contributed by atoms with Crippen LogP contribution >= 0.6 is 0 Å². The van der Waals surface area contributed by atoms with E-state index in [0.29, 0.717) is 23.2 Å². The van der Waals surface area contributed by atoms with Crippen LogP contribution in [-0.2, 0) is 11.2 Å². The van der Waals surface area contributed by atoms with Crippen LogP contribution in [0.4, 0.5) is 0 Å². The van der Waals surface area contributed by atoms with Crippen LogP contribution in [0.5, 0.6) is 5.75 Å². The second kappa shape index (κ2) is 5.53. The maximum atomic E-state index is 10.5. The molecule has 1 rings (SSSR count). The zero-order chi connectivity index (χ0) is 12.1. The summed E-state index contributed by atoms with van der Waals surface area (Å²) in [6.07, 6.45) is 0.264. The maximum Gasteiger partial charge on any atom is 0.488 e. The first-order valence-corrected chi connectivity index (χ1v) is 4.79. The number of aryl methyl sites for hydroxylation is 1. The van der Waals surface area contributed by atoms with Gasteiger partial charge in [-0.2, -0.15) is 0 Å². The molecule has 16 heavy (non-hydrogen) atoms. The number of carboxylic acid groups (broad SMARTS) is 1. The fourth-order valence-corrected chi connectivity index (χ4v) is 1.40. The average Bonchev–Trinajstić information content (AvgIpc) is 2.25. The Hall–Kier alpha value is -1.53. The van der Waals surface area contributed by atoms with E-state index < -0.39 is 13.1 Å². The van der Waals surface area contributed by atoms with Gasteiger partial charge in [-0.1, -0.05) is 12.1 Å². The van der Waals surface area contributed by atoms with E-state index in [-0.39, 0.29) is 6.42 Å². The van der Waals surface area contributed by atoms with E-state index in [9.17, 15) is 4.79 Å². The summed E-state index contributed by atoms with van der Waals surface area (Å²) in [6.45, 7) is 0. The molecule has 0 saturated carbocycles. The minimum absolute atomic E-state index is 0.0265. The molecule has 0 radical (unpaired) electrons. The van der Waals surface area contributed by atoms with Gasteiger partial charge in [-0.05, 0) is 23.5 Å². The standard InChI is InChI=1S/C10H13BO5/c1-16-9-4-3-8(11(14)15)6-7(9)2-5-10(12)13/h3-4,6,14-15H,2,5H2,1H3,(H,12,13). The number of carbonyl (C=O) groups is 1. The summed E-state index contributed by atoms with van der Waals surface area (Å²) in [5.41, 5.74) is 0.969. The van der Waals surface area contributed by atoms with Crippen LogP contribution in [0.25, 0.3) is 0 Å². The Morgan fingerprint density at radius 2 is 2.12 bits per heavy atom. The van der Waals surface area contributed by atoms with Crippen molar-refractivity contribution in [1.82, 2.24) is 0 Å². The van der Waals surface area contributed by atoms with Gasteiger partial charge in [-0.3, -0.25) is 4.79 Å². The monoisotopic (exact) mass is 224 g/mol. The molecule has 0 aliphatic rings. The van der Waals surface area contributed by atoms with E-state index in [0.717, 1.165) is 0 Å². The quantitative estimate of drug-likeness (QED) is 0.581. The molecule has 1 aromatic carbocycles. The van der Waals surface area contributed by atoms with Crippen LogP contribution in [0.3, 0.4) is 0 Å². The first-order valence-electron chi connectivity index (χ1n) is 4.79. The van der Waals surface area contributed by atoms with E-state index in [4.69, 9.17) is 19.9 Å². The lowest BCUT2D eigenvalue weighted by molar-refractivity contribution is -0.136. The van der Waals surface area contributed by atoms with Gasteiger partial charge < -0.3 is 19.9 Å². The fourth-order valence-electron chi connectivity index (χ4n) is 1.40. The highest BCUT2D eigenvalue weighted by Gasteiger charge is 2.14. The Labute approximate surface area is 93.4 Å². The molecular weight excluding hydrogens is 211 g/mol. The average molecular weight is 224 g/mol. The highest BCUT2D eigenvalue weighted by atomic mass is 16.5. The van der Waals surface area contributed by atoms with Crippen LogP contribution < -0.4 is 10.2 Å². The molecule has 0 aliphatic heterocycles. The molecule has 0 amide bonds. The van der Waals surface area contributed by atoms with E-state index in [1.807, 2.05) is 0 Å². The number of ether oxygens (including phenoxy) is 1. The Bertz CT molecular complexity index is 377. The molecule has 6 heteroatoms. The van der Waals surface area contributed by atoms with Gasteiger partial charge in [-0.25, -0.2) is 0 Å². The molecule has 3 N–H and O–H groups in total. The summed E-state index contributed by atoms with van der Waals surface area (Å²) in [4.78, 5) is 10.5. The third-order valence-electron chi connectivity index (χ3n) is 2.21. The third-order valence-corrected chi connectivity index (χ3v) is 2.21. The lowest BCUT2D eigenvalue weighted by Crippen LogP contribution is -2.30. The molecule has 0 aromatic heterocycles. The number of rotatable bonds is 5. The molecule has 5 nitrogen and oxygen atoms in total. The third kappa shape index (κ3) is 3.25. The highest BCUT2D eigenvalue weighted by Crippen LogP contribution is 2.18. The summed E-state index contributed by atoms with van der Waals surface area (Å²) in [6, 6.07) is 4.65. The van der Waals surface area contributed by atoms with Crippen LogP contribution in [-0.4, -0.2) is 35.4 Å². The van der Waals surface area contributed by atoms with Crippen molar-refractivity contribution in [2.75, 3.05) is 7.11 Å². The first-order chi connectivity index (χ1) is 7.54. The van der Waals surface area contributed by atoms with Crippen LogP contribution in [0.15, 0.2) is 18.2 Å². The van der Waals surface area contributed by atoms with E-state index >= 15 is 0 Å². The summed E-state index contributed by atoms with van der Waals surface area (Å²) >= 11 is 0. The van der Waals surface area contributed by atoms with Crippen molar-refractivity contribution in [3.05, 3.63) is 23.8 Å². The molecular formula is C10H13BO5. The van der Waals surface area contributed by atoms with E-state index in [1.165, 1.54) is 19.2 Å². The number of methoxy groups -OCH3 is 1. The van der Waals surface area contributed by atoms with Gasteiger partial charge >= 0.3 is 13.1 Å². The number of carboxylic acids is 1. The second-order valence-electron chi connectivity index (χ2n) is 3.34. The smallest absolute Gasteiger partial charge is 0.488 e. The number of aliphatic carboxylic acids is 1.